The van der Waals surface area contributed by atoms with Crippen LogP contribution in [0.2, 0.25) is 0 Å². The quantitative estimate of drug-likeness (QED) is 0.791. The molecule has 3 nitrogen and oxygen atoms in total. The van der Waals surface area contributed by atoms with Crippen LogP contribution in [0.4, 0.5) is 0 Å². The summed E-state index contributed by atoms with van der Waals surface area (Å²) in [4.78, 5) is 4.48. The third-order valence-electron chi connectivity index (χ3n) is 3.77. The molecule has 0 amide bonds. The smallest absolute Gasteiger partial charge is 0.138 e. The fourth-order valence-electron chi connectivity index (χ4n) is 2.69. The van der Waals surface area contributed by atoms with Gasteiger partial charge in [0, 0.05) is 6.54 Å². The molecular weight excluding hydrogens is 272 g/mol. The van der Waals surface area contributed by atoms with Crippen LogP contribution in [0.15, 0.2) is 71.7 Å². The zero-order valence-electron chi connectivity index (χ0n) is 12.1. The van der Waals surface area contributed by atoms with Gasteiger partial charge in [0.25, 0.3) is 0 Å². The molecule has 3 aromatic rings. The Morgan fingerprint density at radius 3 is 2.55 bits per heavy atom. The highest BCUT2D eigenvalue weighted by atomic mass is 16.5. The summed E-state index contributed by atoms with van der Waals surface area (Å²) in [5, 5.41) is 5.69. The van der Waals surface area contributed by atoms with Crippen LogP contribution in [0.5, 0.6) is 11.5 Å². The fourth-order valence-corrected chi connectivity index (χ4v) is 2.69. The number of aliphatic imine (C=N–C) groups is 1. The van der Waals surface area contributed by atoms with Crippen LogP contribution in [0.25, 0.3) is 10.8 Å². The molecule has 0 saturated carbocycles. The van der Waals surface area contributed by atoms with E-state index in [1.165, 1.54) is 10.8 Å². The monoisotopic (exact) mass is 288 g/mol. The maximum atomic E-state index is 6.11. The van der Waals surface area contributed by atoms with E-state index in [1.54, 1.807) is 0 Å². The van der Waals surface area contributed by atoms with Gasteiger partial charge in [-0.2, -0.15) is 0 Å². The molecule has 0 spiro atoms. The number of rotatable bonds is 3. The standard InChI is InChI=1S/C19H16N2O/c1-2-6-15-13-16(10-9-14(15)5-1)22-18-8-4-3-7-17(18)19-20-11-12-21-19/h1-10,13H,11-12H2,(H,20,21). The highest BCUT2D eigenvalue weighted by Gasteiger charge is 2.13. The maximum Gasteiger partial charge on any atom is 0.138 e. The Morgan fingerprint density at radius 1 is 0.864 bits per heavy atom. The van der Waals surface area contributed by atoms with E-state index in [1.807, 2.05) is 42.5 Å². The van der Waals surface area contributed by atoms with Crippen LogP contribution in [-0.2, 0) is 0 Å². The predicted octanol–water partition coefficient (Wildman–Crippen LogP) is 3.98. The van der Waals surface area contributed by atoms with E-state index < -0.39 is 0 Å². The van der Waals surface area contributed by atoms with Gasteiger partial charge in [0.1, 0.15) is 17.3 Å². The molecule has 0 atom stereocenters. The summed E-state index contributed by atoms with van der Waals surface area (Å²) < 4.78 is 6.11. The average molecular weight is 288 g/mol. The minimum absolute atomic E-state index is 0.819. The van der Waals surface area contributed by atoms with Crippen molar-refractivity contribution in [1.82, 2.24) is 5.32 Å². The molecule has 1 aliphatic rings. The second-order valence-corrected chi connectivity index (χ2v) is 5.26. The lowest BCUT2D eigenvalue weighted by molar-refractivity contribution is 0.482. The fraction of sp³-hybridized carbons (Fsp3) is 0.105. The summed E-state index contributed by atoms with van der Waals surface area (Å²) in [5.41, 5.74) is 1.01. The van der Waals surface area contributed by atoms with Crippen molar-refractivity contribution in [2.24, 2.45) is 4.99 Å². The molecule has 1 N–H and O–H groups in total. The number of benzene rings is 3. The lowest BCUT2D eigenvalue weighted by Crippen LogP contribution is -2.19. The largest absolute Gasteiger partial charge is 0.457 e. The zero-order valence-corrected chi connectivity index (χ0v) is 12.1. The minimum atomic E-state index is 0.819. The molecule has 0 bridgehead atoms. The van der Waals surface area contributed by atoms with Crippen molar-refractivity contribution < 1.29 is 4.74 Å². The molecule has 1 aliphatic heterocycles. The first-order valence-electron chi connectivity index (χ1n) is 7.44. The lowest BCUT2D eigenvalue weighted by Gasteiger charge is -2.12. The summed E-state index contributed by atoms with van der Waals surface area (Å²) in [5.74, 6) is 2.58. The first kappa shape index (κ1) is 12.9. The maximum absolute atomic E-state index is 6.11. The first-order valence-corrected chi connectivity index (χ1v) is 7.44. The summed E-state index contributed by atoms with van der Waals surface area (Å²) in [6.45, 7) is 1.71. The SMILES string of the molecule is c1ccc(C2=NCCN2)c(Oc2ccc3ccccc3c2)c1. The molecule has 4 rings (SSSR count). The van der Waals surface area contributed by atoms with Gasteiger partial charge in [-0.25, -0.2) is 0 Å². The third kappa shape index (κ3) is 2.42. The number of hydrogen-bond donors (Lipinski definition) is 1. The van der Waals surface area contributed by atoms with Crippen LogP contribution < -0.4 is 10.1 Å². The van der Waals surface area contributed by atoms with E-state index in [4.69, 9.17) is 4.74 Å². The highest BCUT2D eigenvalue weighted by molar-refractivity contribution is 6.02. The number of fused-ring (bicyclic) bond motifs is 1. The number of nitrogens with zero attached hydrogens (tertiary/aromatic N) is 1. The van der Waals surface area contributed by atoms with E-state index in [-0.39, 0.29) is 0 Å². The van der Waals surface area contributed by atoms with Crippen molar-refractivity contribution >= 4 is 16.6 Å². The van der Waals surface area contributed by atoms with Crippen LogP contribution in [0.3, 0.4) is 0 Å². The van der Waals surface area contributed by atoms with Crippen LogP contribution in [0.1, 0.15) is 5.56 Å². The summed E-state index contributed by atoms with van der Waals surface area (Å²) in [7, 11) is 0. The van der Waals surface area contributed by atoms with Crippen molar-refractivity contribution in [2.75, 3.05) is 13.1 Å². The zero-order chi connectivity index (χ0) is 14.8. The topological polar surface area (TPSA) is 33.6 Å². The molecule has 3 aromatic carbocycles. The van der Waals surface area contributed by atoms with Gasteiger partial charge in [-0.15, -0.1) is 0 Å². The second-order valence-electron chi connectivity index (χ2n) is 5.26. The molecule has 0 unspecified atom stereocenters. The van der Waals surface area contributed by atoms with Gasteiger partial charge in [-0.3, -0.25) is 4.99 Å². The Kier molecular flexibility index (Phi) is 3.24. The van der Waals surface area contributed by atoms with Gasteiger partial charge in [0.2, 0.25) is 0 Å². The number of para-hydroxylation sites is 1. The number of hydrogen-bond acceptors (Lipinski definition) is 3. The van der Waals surface area contributed by atoms with Crippen LogP contribution in [0, 0.1) is 0 Å². The summed E-state index contributed by atoms with van der Waals surface area (Å²) >= 11 is 0. The van der Waals surface area contributed by atoms with Gasteiger partial charge in [0.15, 0.2) is 0 Å². The lowest BCUT2D eigenvalue weighted by atomic mass is 10.1. The summed E-state index contributed by atoms with van der Waals surface area (Å²) in [6, 6.07) is 22.4. The Hall–Kier alpha value is -2.81. The van der Waals surface area contributed by atoms with Gasteiger partial charge < -0.3 is 10.1 Å². The van der Waals surface area contributed by atoms with Gasteiger partial charge >= 0.3 is 0 Å². The van der Waals surface area contributed by atoms with E-state index in [0.29, 0.717) is 0 Å². The van der Waals surface area contributed by atoms with Gasteiger partial charge in [0.05, 0.1) is 12.1 Å². The van der Waals surface area contributed by atoms with Crippen molar-refractivity contribution in [2.45, 2.75) is 0 Å². The molecular formula is C19H16N2O. The summed E-state index contributed by atoms with van der Waals surface area (Å²) in [6.07, 6.45) is 0. The molecule has 108 valence electrons. The van der Waals surface area contributed by atoms with E-state index in [9.17, 15) is 0 Å². The molecule has 1 heterocycles. The Bertz CT molecular complexity index is 855. The Balaban J connectivity index is 1.70. The van der Waals surface area contributed by atoms with Gasteiger partial charge in [-0.05, 0) is 35.0 Å². The molecule has 0 radical (unpaired) electrons. The van der Waals surface area contributed by atoms with Crippen molar-refractivity contribution in [3.8, 4) is 11.5 Å². The average Bonchev–Trinajstić information content (AvgIpc) is 3.10. The molecule has 0 aliphatic carbocycles. The van der Waals surface area contributed by atoms with Crippen LogP contribution >= 0.6 is 0 Å². The van der Waals surface area contributed by atoms with Crippen molar-refractivity contribution in [3.63, 3.8) is 0 Å². The normalized spacial score (nSPS) is 13.7. The Labute approximate surface area is 129 Å². The van der Waals surface area contributed by atoms with Crippen LogP contribution in [-0.4, -0.2) is 18.9 Å². The molecule has 0 aromatic heterocycles. The number of amidine groups is 1. The predicted molar refractivity (Wildman–Crippen MR) is 89.9 cm³/mol. The molecule has 22 heavy (non-hydrogen) atoms. The number of nitrogens with one attached hydrogen (secondary N) is 1. The highest BCUT2D eigenvalue weighted by Crippen LogP contribution is 2.28. The van der Waals surface area contributed by atoms with Crippen molar-refractivity contribution in [1.29, 1.82) is 0 Å². The van der Waals surface area contributed by atoms with Gasteiger partial charge in [-0.1, -0.05) is 42.5 Å². The third-order valence-corrected chi connectivity index (χ3v) is 3.77. The van der Waals surface area contributed by atoms with Crippen molar-refractivity contribution in [3.05, 3.63) is 72.3 Å². The van der Waals surface area contributed by atoms with E-state index in [2.05, 4.69) is 34.6 Å². The first-order chi connectivity index (χ1) is 10.9. The van der Waals surface area contributed by atoms with E-state index >= 15 is 0 Å². The molecule has 0 saturated heterocycles. The number of ether oxygens (including phenoxy) is 1. The Morgan fingerprint density at radius 2 is 1.68 bits per heavy atom. The molecule has 3 heteroatoms. The molecule has 0 fully saturated rings. The van der Waals surface area contributed by atoms with E-state index in [0.717, 1.165) is 36.0 Å². The minimum Gasteiger partial charge on any atom is -0.457 e. The second kappa shape index (κ2) is 5.53.